The molecule has 1 aliphatic carbocycles. The van der Waals surface area contributed by atoms with Crippen LogP contribution < -0.4 is 0 Å². The third-order valence-corrected chi connectivity index (χ3v) is 5.49. The average molecular weight is 368 g/mol. The third-order valence-electron chi connectivity index (χ3n) is 5.49. The van der Waals surface area contributed by atoms with Crippen molar-refractivity contribution in [2.75, 3.05) is 0 Å². The van der Waals surface area contributed by atoms with Crippen molar-refractivity contribution < 1.29 is 18.7 Å². The van der Waals surface area contributed by atoms with Crippen LogP contribution in [0.5, 0.6) is 0 Å². The lowest BCUT2D eigenvalue weighted by molar-refractivity contribution is -0.143. The molecule has 4 nitrogen and oxygen atoms in total. The lowest BCUT2D eigenvalue weighted by atomic mass is 9.75. The van der Waals surface area contributed by atoms with E-state index < -0.39 is 17.2 Å². The minimum Gasteiger partial charge on any atom is -0.481 e. The number of nitrogens with zero attached hydrogens (tertiary/aromatic N) is 2. The number of fused-ring (bicyclic) bond motifs is 1. The number of aromatic nitrogens is 2. The summed E-state index contributed by atoms with van der Waals surface area (Å²) >= 11 is 0. The van der Waals surface area contributed by atoms with Gasteiger partial charge in [-0.05, 0) is 54.8 Å². The van der Waals surface area contributed by atoms with Crippen molar-refractivity contribution in [3.8, 4) is 11.3 Å². The molecule has 0 spiro atoms. The molecule has 27 heavy (non-hydrogen) atoms. The topological polar surface area (TPSA) is 55.1 Å². The molecule has 0 radical (unpaired) electrons. The Morgan fingerprint density at radius 3 is 2.52 bits per heavy atom. The number of hydrogen-bond acceptors (Lipinski definition) is 2. The van der Waals surface area contributed by atoms with Gasteiger partial charge >= 0.3 is 5.97 Å². The van der Waals surface area contributed by atoms with Crippen LogP contribution in [-0.2, 0) is 30.1 Å². The predicted octanol–water partition coefficient (Wildman–Crippen LogP) is 3.79. The maximum absolute atomic E-state index is 14.1. The fraction of sp³-hybridized carbons (Fsp3) is 0.238. The standard InChI is InChI=1S/C21H18F2N2O2/c1-12-16(4-3-5-17(12)23)21(20(26)27)10-15-18(11-21)24-25(2)19(15)13-6-8-14(22)9-7-13/h3-9H,10-11H2,1-2H3,(H,26,27). The maximum Gasteiger partial charge on any atom is 0.314 e. The van der Waals surface area contributed by atoms with Crippen molar-refractivity contribution in [1.82, 2.24) is 9.78 Å². The molecule has 2 aromatic carbocycles. The van der Waals surface area contributed by atoms with Crippen LogP contribution in [0.15, 0.2) is 42.5 Å². The van der Waals surface area contributed by atoms with Crippen LogP contribution in [-0.4, -0.2) is 20.9 Å². The van der Waals surface area contributed by atoms with Gasteiger partial charge in [0, 0.05) is 24.6 Å². The Hall–Kier alpha value is -3.02. The Balaban J connectivity index is 1.86. The van der Waals surface area contributed by atoms with E-state index in [1.807, 2.05) is 0 Å². The Kier molecular flexibility index (Phi) is 3.87. The first-order valence-corrected chi connectivity index (χ1v) is 8.63. The molecule has 1 aromatic heterocycles. The molecule has 0 saturated heterocycles. The van der Waals surface area contributed by atoms with Gasteiger partial charge in [-0.3, -0.25) is 9.48 Å². The summed E-state index contributed by atoms with van der Waals surface area (Å²) in [5.41, 5.74) is 2.59. The van der Waals surface area contributed by atoms with Crippen LogP contribution in [0.4, 0.5) is 8.78 Å². The SMILES string of the molecule is Cc1c(F)cccc1C1(C(=O)O)Cc2nn(C)c(-c3ccc(F)cc3)c2C1. The van der Waals surface area contributed by atoms with Crippen molar-refractivity contribution in [1.29, 1.82) is 0 Å². The zero-order valence-corrected chi connectivity index (χ0v) is 15.0. The minimum atomic E-state index is -1.26. The van der Waals surface area contributed by atoms with Crippen molar-refractivity contribution in [3.05, 3.63) is 76.5 Å². The molecule has 3 aromatic rings. The number of benzene rings is 2. The van der Waals surface area contributed by atoms with E-state index in [2.05, 4.69) is 5.10 Å². The zero-order chi connectivity index (χ0) is 19.3. The highest BCUT2D eigenvalue weighted by molar-refractivity contribution is 5.85. The van der Waals surface area contributed by atoms with E-state index in [1.165, 1.54) is 18.2 Å². The lowest BCUT2D eigenvalue weighted by Gasteiger charge is -2.27. The average Bonchev–Trinajstić information content (AvgIpc) is 3.12. The zero-order valence-electron chi connectivity index (χ0n) is 15.0. The number of carbonyl (C=O) groups is 1. The summed E-state index contributed by atoms with van der Waals surface area (Å²) in [5.74, 6) is -1.76. The molecule has 1 atom stereocenters. The summed E-state index contributed by atoms with van der Waals surface area (Å²) in [6.07, 6.45) is 0.402. The monoisotopic (exact) mass is 368 g/mol. The number of rotatable bonds is 3. The molecular formula is C21H18F2N2O2. The fourth-order valence-corrected chi connectivity index (χ4v) is 4.15. The van der Waals surface area contributed by atoms with Gasteiger partial charge in [-0.2, -0.15) is 5.10 Å². The molecule has 0 saturated carbocycles. The minimum absolute atomic E-state index is 0.191. The number of halogens is 2. The van der Waals surface area contributed by atoms with Crippen molar-refractivity contribution in [2.24, 2.45) is 7.05 Å². The van der Waals surface area contributed by atoms with Crippen LogP contribution in [0.2, 0.25) is 0 Å². The summed E-state index contributed by atoms with van der Waals surface area (Å²) in [5, 5.41) is 14.6. The van der Waals surface area contributed by atoms with Gasteiger partial charge in [-0.25, -0.2) is 8.78 Å². The van der Waals surface area contributed by atoms with E-state index >= 15 is 0 Å². The van der Waals surface area contributed by atoms with Crippen molar-refractivity contribution >= 4 is 5.97 Å². The molecule has 1 unspecified atom stereocenters. The second-order valence-electron chi connectivity index (χ2n) is 7.06. The van der Waals surface area contributed by atoms with Gasteiger partial charge in [0.15, 0.2) is 0 Å². The molecule has 138 valence electrons. The first-order valence-electron chi connectivity index (χ1n) is 8.63. The summed E-state index contributed by atoms with van der Waals surface area (Å²) in [6, 6.07) is 10.6. The van der Waals surface area contributed by atoms with E-state index in [0.717, 1.165) is 16.8 Å². The van der Waals surface area contributed by atoms with Crippen LogP contribution in [0, 0.1) is 18.6 Å². The summed E-state index contributed by atoms with van der Waals surface area (Å²) < 4.78 is 29.1. The van der Waals surface area contributed by atoms with Gasteiger partial charge in [-0.1, -0.05) is 12.1 Å². The number of hydrogen-bond donors (Lipinski definition) is 1. The Morgan fingerprint density at radius 1 is 1.15 bits per heavy atom. The summed E-state index contributed by atoms with van der Waals surface area (Å²) in [6.45, 7) is 1.60. The molecule has 1 aliphatic rings. The Bertz CT molecular complexity index is 1060. The quantitative estimate of drug-likeness (QED) is 0.765. The predicted molar refractivity (Wildman–Crippen MR) is 96.5 cm³/mol. The molecule has 0 fully saturated rings. The highest BCUT2D eigenvalue weighted by Crippen LogP contribution is 2.44. The molecule has 4 rings (SSSR count). The molecule has 1 N–H and O–H groups in total. The fourth-order valence-electron chi connectivity index (χ4n) is 4.15. The van der Waals surface area contributed by atoms with Crippen molar-refractivity contribution in [2.45, 2.75) is 25.2 Å². The van der Waals surface area contributed by atoms with Gasteiger partial charge in [-0.15, -0.1) is 0 Å². The Labute approximate surface area is 155 Å². The summed E-state index contributed by atoms with van der Waals surface area (Å²) in [7, 11) is 1.78. The van der Waals surface area contributed by atoms with Crippen LogP contribution >= 0.6 is 0 Å². The molecule has 1 heterocycles. The van der Waals surface area contributed by atoms with Gasteiger partial charge < -0.3 is 5.11 Å². The first-order chi connectivity index (χ1) is 12.8. The largest absolute Gasteiger partial charge is 0.481 e. The highest BCUT2D eigenvalue weighted by Gasteiger charge is 2.49. The summed E-state index contributed by atoms with van der Waals surface area (Å²) in [4.78, 5) is 12.3. The number of carboxylic acid groups (broad SMARTS) is 1. The van der Waals surface area contributed by atoms with Crippen LogP contribution in [0.25, 0.3) is 11.3 Å². The first kappa shape index (κ1) is 17.4. The molecular weight excluding hydrogens is 350 g/mol. The van der Waals surface area contributed by atoms with Gasteiger partial charge in [0.1, 0.15) is 17.0 Å². The van der Waals surface area contributed by atoms with Gasteiger partial charge in [0.05, 0.1) is 11.4 Å². The number of aliphatic carboxylic acids is 1. The molecule has 0 bridgehead atoms. The lowest BCUT2D eigenvalue weighted by Crippen LogP contribution is -2.38. The maximum atomic E-state index is 14.1. The van der Waals surface area contributed by atoms with Gasteiger partial charge in [0.2, 0.25) is 0 Å². The van der Waals surface area contributed by atoms with E-state index in [4.69, 9.17) is 0 Å². The van der Waals surface area contributed by atoms with E-state index in [0.29, 0.717) is 16.8 Å². The number of aryl methyl sites for hydroxylation is 1. The number of carboxylic acids is 1. The molecule has 6 heteroatoms. The van der Waals surface area contributed by atoms with Gasteiger partial charge in [0.25, 0.3) is 0 Å². The van der Waals surface area contributed by atoms with E-state index in [1.54, 1.807) is 42.9 Å². The Morgan fingerprint density at radius 2 is 1.85 bits per heavy atom. The smallest absolute Gasteiger partial charge is 0.314 e. The molecule has 0 amide bonds. The van der Waals surface area contributed by atoms with E-state index in [-0.39, 0.29) is 18.7 Å². The highest BCUT2D eigenvalue weighted by atomic mass is 19.1. The molecule has 0 aliphatic heterocycles. The van der Waals surface area contributed by atoms with Crippen LogP contribution in [0.1, 0.15) is 22.4 Å². The van der Waals surface area contributed by atoms with E-state index in [9.17, 15) is 18.7 Å². The second-order valence-corrected chi connectivity index (χ2v) is 7.06. The second kappa shape index (κ2) is 6.01. The normalized spacial score (nSPS) is 18.5. The third kappa shape index (κ3) is 2.55. The van der Waals surface area contributed by atoms with Crippen LogP contribution in [0.3, 0.4) is 0 Å². The van der Waals surface area contributed by atoms with Crippen molar-refractivity contribution in [3.63, 3.8) is 0 Å².